The Labute approximate surface area is 162 Å². The Hall–Kier alpha value is -2.80. The summed E-state index contributed by atoms with van der Waals surface area (Å²) in [5.74, 6) is -0.235. The predicted molar refractivity (Wildman–Crippen MR) is 102 cm³/mol. The highest BCUT2D eigenvalue weighted by Crippen LogP contribution is 2.42. The molecule has 7 nitrogen and oxygen atoms in total. The SMILES string of the molecule is CCOC(=O)C1=C(c2oc3c(OC)cc(CO)cc3c2C(=O)OCC)CCC1. The number of hydrogen-bond acceptors (Lipinski definition) is 7. The molecule has 0 bridgehead atoms. The van der Waals surface area contributed by atoms with Crippen molar-refractivity contribution in [3.63, 3.8) is 0 Å². The molecule has 0 unspecified atom stereocenters. The van der Waals surface area contributed by atoms with E-state index < -0.39 is 11.9 Å². The average molecular weight is 388 g/mol. The lowest BCUT2D eigenvalue weighted by Gasteiger charge is -2.07. The lowest BCUT2D eigenvalue weighted by molar-refractivity contribution is -0.138. The Morgan fingerprint density at radius 2 is 1.82 bits per heavy atom. The lowest BCUT2D eigenvalue weighted by Crippen LogP contribution is -2.09. The van der Waals surface area contributed by atoms with Crippen molar-refractivity contribution in [2.45, 2.75) is 39.7 Å². The molecule has 2 aromatic rings. The Balaban J connectivity index is 2.29. The first-order valence-electron chi connectivity index (χ1n) is 9.36. The molecule has 0 aliphatic heterocycles. The van der Waals surface area contributed by atoms with Gasteiger partial charge < -0.3 is 23.7 Å². The summed E-state index contributed by atoms with van der Waals surface area (Å²) in [6.07, 6.45) is 1.92. The number of ether oxygens (including phenoxy) is 3. The molecule has 0 saturated carbocycles. The maximum absolute atomic E-state index is 12.8. The van der Waals surface area contributed by atoms with Gasteiger partial charge >= 0.3 is 11.9 Å². The average Bonchev–Trinajstić information content (AvgIpc) is 3.31. The van der Waals surface area contributed by atoms with Gasteiger partial charge in [0.05, 0.1) is 26.9 Å². The van der Waals surface area contributed by atoms with Crippen molar-refractivity contribution in [2.75, 3.05) is 20.3 Å². The normalized spacial score (nSPS) is 13.9. The number of carbonyl (C=O) groups excluding carboxylic acids is 2. The highest BCUT2D eigenvalue weighted by Gasteiger charge is 2.32. The topological polar surface area (TPSA) is 95.2 Å². The van der Waals surface area contributed by atoms with E-state index in [0.717, 1.165) is 6.42 Å². The lowest BCUT2D eigenvalue weighted by atomic mass is 10.0. The van der Waals surface area contributed by atoms with Crippen molar-refractivity contribution in [3.05, 3.63) is 34.6 Å². The maximum Gasteiger partial charge on any atom is 0.342 e. The van der Waals surface area contributed by atoms with Gasteiger partial charge in [-0.25, -0.2) is 9.59 Å². The van der Waals surface area contributed by atoms with E-state index >= 15 is 0 Å². The van der Waals surface area contributed by atoms with Crippen LogP contribution in [0.1, 0.15) is 54.8 Å². The first kappa shape index (κ1) is 19.9. The van der Waals surface area contributed by atoms with Crippen LogP contribution in [-0.4, -0.2) is 37.4 Å². The summed E-state index contributed by atoms with van der Waals surface area (Å²) < 4.78 is 21.9. The molecule has 0 atom stereocenters. The van der Waals surface area contributed by atoms with E-state index in [1.54, 1.807) is 26.0 Å². The third kappa shape index (κ3) is 3.49. The number of hydrogen-bond donors (Lipinski definition) is 1. The Kier molecular flexibility index (Phi) is 6.04. The maximum atomic E-state index is 12.8. The molecule has 0 amide bonds. The molecule has 3 rings (SSSR count). The fraction of sp³-hybridized carbons (Fsp3) is 0.429. The van der Waals surface area contributed by atoms with Gasteiger partial charge in [-0.1, -0.05) is 0 Å². The minimum Gasteiger partial charge on any atom is -0.493 e. The van der Waals surface area contributed by atoms with Crippen LogP contribution in [0.2, 0.25) is 0 Å². The summed E-state index contributed by atoms with van der Waals surface area (Å²) in [7, 11) is 1.49. The van der Waals surface area contributed by atoms with Crippen LogP contribution >= 0.6 is 0 Å². The van der Waals surface area contributed by atoms with Crippen molar-refractivity contribution in [3.8, 4) is 5.75 Å². The van der Waals surface area contributed by atoms with E-state index in [1.807, 2.05) is 0 Å². The number of furan rings is 1. The third-order valence-electron chi connectivity index (χ3n) is 4.71. The number of aliphatic hydroxyl groups is 1. The minimum absolute atomic E-state index is 0.200. The molecule has 28 heavy (non-hydrogen) atoms. The van der Waals surface area contributed by atoms with Gasteiger partial charge in [0.15, 0.2) is 11.3 Å². The molecule has 1 heterocycles. The second-order valence-electron chi connectivity index (χ2n) is 6.39. The fourth-order valence-electron chi connectivity index (χ4n) is 3.52. The van der Waals surface area contributed by atoms with Crippen LogP contribution in [0.5, 0.6) is 5.75 Å². The van der Waals surface area contributed by atoms with Crippen LogP contribution in [0.15, 0.2) is 22.1 Å². The summed E-state index contributed by atoms with van der Waals surface area (Å²) in [5.41, 5.74) is 2.37. The first-order chi connectivity index (χ1) is 13.5. The second kappa shape index (κ2) is 8.48. The number of aliphatic hydroxyl groups excluding tert-OH is 1. The fourth-order valence-corrected chi connectivity index (χ4v) is 3.52. The van der Waals surface area contributed by atoms with Gasteiger partial charge in [-0.2, -0.15) is 0 Å². The van der Waals surface area contributed by atoms with Crippen LogP contribution < -0.4 is 4.74 Å². The number of methoxy groups -OCH3 is 1. The summed E-state index contributed by atoms with van der Waals surface area (Å²) in [5, 5.41) is 10.1. The summed E-state index contributed by atoms with van der Waals surface area (Å²) in [4.78, 5) is 25.2. The van der Waals surface area contributed by atoms with Crippen molar-refractivity contribution in [1.29, 1.82) is 0 Å². The van der Waals surface area contributed by atoms with Gasteiger partial charge in [-0.05, 0) is 50.8 Å². The standard InChI is InChI=1S/C21H24O7/c1-4-26-20(23)14-8-6-7-13(14)19-17(21(24)27-5-2)15-9-12(11-22)10-16(25-3)18(15)28-19/h9-10,22H,4-8,11H2,1-3H3. The van der Waals surface area contributed by atoms with Gasteiger partial charge in [0, 0.05) is 16.5 Å². The van der Waals surface area contributed by atoms with Crippen molar-refractivity contribution in [2.24, 2.45) is 0 Å². The Morgan fingerprint density at radius 3 is 2.46 bits per heavy atom. The largest absolute Gasteiger partial charge is 0.493 e. The Bertz CT molecular complexity index is 936. The molecule has 1 aliphatic carbocycles. The molecular weight excluding hydrogens is 364 g/mol. The second-order valence-corrected chi connectivity index (χ2v) is 6.39. The molecule has 1 aromatic heterocycles. The highest BCUT2D eigenvalue weighted by molar-refractivity contribution is 6.10. The summed E-state index contributed by atoms with van der Waals surface area (Å²) in [6, 6.07) is 3.33. The van der Waals surface area contributed by atoms with E-state index in [1.165, 1.54) is 7.11 Å². The van der Waals surface area contributed by atoms with Crippen molar-refractivity contribution in [1.82, 2.24) is 0 Å². The van der Waals surface area contributed by atoms with E-state index in [0.29, 0.717) is 52.0 Å². The number of benzene rings is 1. The van der Waals surface area contributed by atoms with Crippen molar-refractivity contribution >= 4 is 28.5 Å². The van der Waals surface area contributed by atoms with Crippen LogP contribution in [0.3, 0.4) is 0 Å². The van der Waals surface area contributed by atoms with Gasteiger partial charge in [0.2, 0.25) is 0 Å². The molecule has 150 valence electrons. The number of esters is 2. The van der Waals surface area contributed by atoms with Gasteiger partial charge in [0.25, 0.3) is 0 Å². The van der Waals surface area contributed by atoms with Gasteiger partial charge in [0.1, 0.15) is 11.3 Å². The van der Waals surface area contributed by atoms with Crippen molar-refractivity contribution < 1.29 is 33.3 Å². The number of fused-ring (bicyclic) bond motifs is 1. The van der Waals surface area contributed by atoms with Gasteiger partial charge in [-0.15, -0.1) is 0 Å². The van der Waals surface area contributed by atoms with Crippen LogP contribution in [0.25, 0.3) is 16.5 Å². The van der Waals surface area contributed by atoms with E-state index in [4.69, 9.17) is 18.6 Å². The van der Waals surface area contributed by atoms with Crippen LogP contribution in [-0.2, 0) is 20.9 Å². The molecule has 7 heteroatoms. The third-order valence-corrected chi connectivity index (χ3v) is 4.71. The zero-order valence-electron chi connectivity index (χ0n) is 16.3. The van der Waals surface area contributed by atoms with Gasteiger partial charge in [-0.3, -0.25) is 0 Å². The molecule has 1 aliphatic rings. The number of rotatable bonds is 7. The van der Waals surface area contributed by atoms with Crippen LogP contribution in [0.4, 0.5) is 0 Å². The minimum atomic E-state index is -0.545. The Morgan fingerprint density at radius 1 is 1.11 bits per heavy atom. The molecule has 0 spiro atoms. The molecule has 0 fully saturated rings. The van der Waals surface area contributed by atoms with Crippen LogP contribution in [0, 0.1) is 0 Å². The zero-order chi connectivity index (χ0) is 20.3. The predicted octanol–water partition coefficient (Wildman–Crippen LogP) is 3.61. The summed E-state index contributed by atoms with van der Waals surface area (Å²) in [6.45, 7) is 3.73. The molecule has 0 saturated heterocycles. The summed E-state index contributed by atoms with van der Waals surface area (Å²) >= 11 is 0. The number of allylic oxidation sites excluding steroid dienone is 1. The van der Waals surface area contributed by atoms with E-state index in [9.17, 15) is 14.7 Å². The first-order valence-corrected chi connectivity index (χ1v) is 9.36. The quantitative estimate of drug-likeness (QED) is 0.724. The smallest absolute Gasteiger partial charge is 0.342 e. The monoisotopic (exact) mass is 388 g/mol. The number of carbonyl (C=O) groups is 2. The molecule has 1 N–H and O–H groups in total. The van der Waals surface area contributed by atoms with E-state index in [2.05, 4.69) is 0 Å². The molecule has 0 radical (unpaired) electrons. The zero-order valence-corrected chi connectivity index (χ0v) is 16.3. The molecule has 1 aromatic carbocycles. The van der Waals surface area contributed by atoms with E-state index in [-0.39, 0.29) is 25.4 Å². The highest BCUT2D eigenvalue weighted by atomic mass is 16.5. The molecular formula is C21H24O7.